The number of hydrogen-bond donors (Lipinski definition) is 1. The van der Waals surface area contributed by atoms with Crippen LogP contribution in [0.5, 0.6) is 5.75 Å². The van der Waals surface area contributed by atoms with E-state index in [1.54, 1.807) is 7.11 Å². The summed E-state index contributed by atoms with van der Waals surface area (Å²) in [5, 5.41) is 3.06. The number of carbonyl (C=O) groups excluding carboxylic acids is 1. The Morgan fingerprint density at radius 2 is 1.54 bits per heavy atom. The van der Waals surface area contributed by atoms with Crippen molar-refractivity contribution in [1.29, 1.82) is 0 Å². The summed E-state index contributed by atoms with van der Waals surface area (Å²) in [6.45, 7) is 3.68. The molecule has 2 amide bonds. The molecule has 5 rings (SSSR count). The molecule has 3 aromatic rings. The second-order valence-electron chi connectivity index (χ2n) is 9.22. The average molecular weight is 466 g/mol. The third-order valence-corrected chi connectivity index (χ3v) is 6.99. The van der Waals surface area contributed by atoms with Crippen LogP contribution in [0.2, 0.25) is 0 Å². The van der Waals surface area contributed by atoms with Gasteiger partial charge in [-0.3, -0.25) is 4.90 Å². The van der Waals surface area contributed by atoms with Crippen molar-refractivity contribution in [3.05, 3.63) is 95.6 Å². The Morgan fingerprint density at radius 3 is 2.26 bits per heavy atom. The van der Waals surface area contributed by atoms with E-state index in [1.165, 1.54) is 5.56 Å². The van der Waals surface area contributed by atoms with Gasteiger partial charge in [0, 0.05) is 48.4 Å². The van der Waals surface area contributed by atoms with Crippen LogP contribution in [-0.2, 0) is 0 Å². The summed E-state index contributed by atoms with van der Waals surface area (Å²) in [4.78, 5) is 17.6. The molecular weight excluding hydrogens is 434 g/mol. The van der Waals surface area contributed by atoms with Crippen LogP contribution in [0.1, 0.15) is 35.4 Å². The van der Waals surface area contributed by atoms with E-state index in [0.717, 1.165) is 61.6 Å². The Kier molecular flexibility index (Phi) is 7.02. The number of fused-ring (bicyclic) bond motifs is 1. The second-order valence-corrected chi connectivity index (χ2v) is 9.22. The molecule has 2 saturated heterocycles. The summed E-state index contributed by atoms with van der Waals surface area (Å²) in [6.07, 6.45) is 2.14. The van der Waals surface area contributed by atoms with E-state index in [4.69, 9.17) is 4.74 Å². The predicted octanol–water partition coefficient (Wildman–Crippen LogP) is 5.19. The number of methoxy groups -OCH3 is 1. The van der Waals surface area contributed by atoms with Gasteiger partial charge in [-0.25, -0.2) is 4.79 Å². The summed E-state index contributed by atoms with van der Waals surface area (Å²) in [5.41, 5.74) is 4.15. The number of benzene rings is 3. The summed E-state index contributed by atoms with van der Waals surface area (Å²) >= 11 is 0. The van der Waals surface area contributed by atoms with Crippen molar-refractivity contribution in [2.45, 2.75) is 24.8 Å². The number of nitrogens with one attached hydrogen (secondary N) is 1. The highest BCUT2D eigenvalue weighted by atomic mass is 16.5. The molecule has 35 heavy (non-hydrogen) atoms. The molecule has 2 atom stereocenters. The Labute approximate surface area is 207 Å². The van der Waals surface area contributed by atoms with Gasteiger partial charge in [-0.2, -0.15) is 0 Å². The first-order valence-corrected chi connectivity index (χ1v) is 12.3. The number of ether oxygens (including phenoxy) is 1. The third kappa shape index (κ3) is 5.50. The Balaban J connectivity index is 1.24. The molecule has 2 fully saturated rings. The molecule has 2 aliphatic heterocycles. The first kappa shape index (κ1) is 23.0. The molecular formula is C30H31N3O2. The summed E-state index contributed by atoms with van der Waals surface area (Å²) < 4.78 is 5.21. The van der Waals surface area contributed by atoms with E-state index in [1.807, 2.05) is 59.5 Å². The van der Waals surface area contributed by atoms with Gasteiger partial charge in [0.25, 0.3) is 0 Å². The molecule has 0 spiro atoms. The Morgan fingerprint density at radius 1 is 0.857 bits per heavy atom. The second kappa shape index (κ2) is 10.7. The zero-order chi connectivity index (χ0) is 24.0. The molecule has 0 saturated carbocycles. The lowest BCUT2D eigenvalue weighted by atomic mass is 9.81. The third-order valence-electron chi connectivity index (χ3n) is 6.99. The molecule has 178 valence electrons. The van der Waals surface area contributed by atoms with Crippen LogP contribution in [0.4, 0.5) is 10.5 Å². The van der Waals surface area contributed by atoms with Crippen LogP contribution >= 0.6 is 0 Å². The van der Waals surface area contributed by atoms with Gasteiger partial charge in [0.05, 0.1) is 7.11 Å². The molecule has 0 aromatic heterocycles. The lowest BCUT2D eigenvalue weighted by Crippen LogP contribution is -2.61. The number of urea groups is 1. The van der Waals surface area contributed by atoms with E-state index in [9.17, 15) is 4.79 Å². The maximum atomic E-state index is 13.1. The maximum Gasteiger partial charge on any atom is 0.321 e. The zero-order valence-electron chi connectivity index (χ0n) is 20.1. The van der Waals surface area contributed by atoms with Crippen LogP contribution in [-0.4, -0.2) is 55.2 Å². The highest BCUT2D eigenvalue weighted by molar-refractivity contribution is 5.89. The average Bonchev–Trinajstić information content (AvgIpc) is 2.88. The summed E-state index contributed by atoms with van der Waals surface area (Å²) in [5.74, 6) is 7.70. The number of amides is 2. The van der Waals surface area contributed by atoms with Crippen molar-refractivity contribution in [3.8, 4) is 17.6 Å². The van der Waals surface area contributed by atoms with Crippen LogP contribution in [0, 0.1) is 11.8 Å². The van der Waals surface area contributed by atoms with E-state index >= 15 is 0 Å². The number of rotatable bonds is 3. The van der Waals surface area contributed by atoms with Gasteiger partial charge in [-0.15, -0.1) is 0 Å². The van der Waals surface area contributed by atoms with Gasteiger partial charge in [0.2, 0.25) is 0 Å². The first-order valence-electron chi connectivity index (χ1n) is 12.3. The highest BCUT2D eigenvalue weighted by Gasteiger charge is 2.41. The molecule has 3 aromatic carbocycles. The van der Waals surface area contributed by atoms with Crippen LogP contribution in [0.15, 0.2) is 78.9 Å². The van der Waals surface area contributed by atoms with Crippen molar-refractivity contribution in [2.75, 3.05) is 38.6 Å². The normalized spacial score (nSPS) is 19.7. The fourth-order valence-electron chi connectivity index (χ4n) is 4.93. The monoisotopic (exact) mass is 465 g/mol. The van der Waals surface area contributed by atoms with E-state index in [0.29, 0.717) is 12.0 Å². The van der Waals surface area contributed by atoms with Crippen LogP contribution in [0.3, 0.4) is 0 Å². The van der Waals surface area contributed by atoms with Gasteiger partial charge in [0.1, 0.15) is 5.75 Å². The lowest BCUT2D eigenvalue weighted by molar-refractivity contribution is 0.0272. The quantitative estimate of drug-likeness (QED) is 0.542. The Bertz CT molecular complexity index is 1200. The van der Waals surface area contributed by atoms with Crippen molar-refractivity contribution in [1.82, 2.24) is 9.80 Å². The van der Waals surface area contributed by atoms with Crippen LogP contribution < -0.4 is 10.1 Å². The topological polar surface area (TPSA) is 44.8 Å². The van der Waals surface area contributed by atoms with E-state index < -0.39 is 0 Å². The van der Waals surface area contributed by atoms with Gasteiger partial charge in [0.15, 0.2) is 0 Å². The van der Waals surface area contributed by atoms with Crippen molar-refractivity contribution < 1.29 is 9.53 Å². The first-order chi connectivity index (χ1) is 17.2. The number of nitrogens with zero attached hydrogens (tertiary/aromatic N) is 2. The lowest BCUT2D eigenvalue weighted by Gasteiger charge is -2.51. The fourth-order valence-corrected chi connectivity index (χ4v) is 4.93. The van der Waals surface area contributed by atoms with Crippen molar-refractivity contribution in [3.63, 3.8) is 0 Å². The highest BCUT2D eigenvalue weighted by Crippen LogP contribution is 2.36. The van der Waals surface area contributed by atoms with Crippen molar-refractivity contribution in [2.24, 2.45) is 0 Å². The smallest absolute Gasteiger partial charge is 0.321 e. The number of carbonyl (C=O) groups is 1. The Hall–Kier alpha value is -3.75. The molecule has 2 unspecified atom stereocenters. The molecule has 0 bridgehead atoms. The zero-order valence-corrected chi connectivity index (χ0v) is 20.1. The minimum Gasteiger partial charge on any atom is -0.497 e. The standard InChI is InChI=1S/C30H31N3O2/c1-35-27-17-15-26(16-18-27)31-30(34)33-20-6-5-19-32-21-28(29(32)22-33)25-13-11-24(12-14-25)10-9-23-7-3-2-4-8-23/h2-4,7-8,11-18,28-29H,5-6,19-22H2,1H3,(H,31,34). The van der Waals surface area contributed by atoms with E-state index in [2.05, 4.69) is 46.3 Å². The summed E-state index contributed by atoms with van der Waals surface area (Å²) in [6, 6.07) is 26.5. The van der Waals surface area contributed by atoms with Gasteiger partial charge in [-0.1, -0.05) is 42.2 Å². The number of anilines is 1. The molecule has 2 aliphatic rings. The van der Waals surface area contributed by atoms with Gasteiger partial charge < -0.3 is 15.0 Å². The molecule has 5 nitrogen and oxygen atoms in total. The molecule has 5 heteroatoms. The van der Waals surface area contributed by atoms with Crippen LogP contribution in [0.25, 0.3) is 0 Å². The molecule has 2 heterocycles. The van der Waals surface area contributed by atoms with E-state index in [-0.39, 0.29) is 6.03 Å². The minimum atomic E-state index is -0.0331. The maximum absolute atomic E-state index is 13.1. The van der Waals surface area contributed by atoms with Gasteiger partial charge in [-0.05, 0) is 73.5 Å². The molecule has 0 radical (unpaired) electrons. The largest absolute Gasteiger partial charge is 0.497 e. The van der Waals surface area contributed by atoms with Crippen molar-refractivity contribution >= 4 is 11.7 Å². The number of hydrogen-bond acceptors (Lipinski definition) is 3. The molecule has 0 aliphatic carbocycles. The minimum absolute atomic E-state index is 0.0331. The summed E-state index contributed by atoms with van der Waals surface area (Å²) in [7, 11) is 1.64. The molecule has 1 N–H and O–H groups in total. The fraction of sp³-hybridized carbons (Fsp3) is 0.300. The predicted molar refractivity (Wildman–Crippen MR) is 140 cm³/mol. The SMILES string of the molecule is COc1ccc(NC(=O)N2CCCCN3CC(c4ccc(C#Cc5ccccc5)cc4)C3C2)cc1. The van der Waals surface area contributed by atoms with Gasteiger partial charge >= 0.3 is 6.03 Å².